The van der Waals surface area contributed by atoms with E-state index in [1.807, 2.05) is 0 Å². The fourth-order valence-electron chi connectivity index (χ4n) is 2.61. The Labute approximate surface area is 151 Å². The minimum absolute atomic E-state index is 0.140. The fourth-order valence-corrected chi connectivity index (χ4v) is 4.01. The lowest BCUT2D eigenvalue weighted by molar-refractivity contribution is 0.398. The molecule has 0 bridgehead atoms. The molecule has 2 heterocycles. The van der Waals surface area contributed by atoms with Gasteiger partial charge in [-0.25, -0.2) is 12.8 Å². The average Bonchev–Trinajstić information content (AvgIpc) is 3.22. The highest BCUT2D eigenvalue weighted by molar-refractivity contribution is 7.89. The third-order valence-electron chi connectivity index (χ3n) is 4.14. The molecular formula is C17H20FN5O2S. The van der Waals surface area contributed by atoms with Crippen LogP contribution in [0.1, 0.15) is 11.3 Å². The van der Waals surface area contributed by atoms with Crippen LogP contribution in [0.2, 0.25) is 0 Å². The molecule has 3 rings (SSSR count). The van der Waals surface area contributed by atoms with E-state index in [2.05, 4.69) is 10.2 Å². The van der Waals surface area contributed by atoms with Gasteiger partial charge in [0.25, 0.3) is 0 Å². The molecule has 0 N–H and O–H groups in total. The van der Waals surface area contributed by atoms with Crippen molar-refractivity contribution in [3.8, 4) is 0 Å². The summed E-state index contributed by atoms with van der Waals surface area (Å²) in [4.78, 5) is 0.140. The molecule has 0 unspecified atom stereocenters. The first kappa shape index (κ1) is 18.3. The highest BCUT2D eigenvalue weighted by Crippen LogP contribution is 2.18. The Morgan fingerprint density at radius 2 is 1.85 bits per heavy atom. The highest BCUT2D eigenvalue weighted by Gasteiger charge is 2.26. The second-order valence-electron chi connectivity index (χ2n) is 6.01. The number of hydrogen-bond acceptors (Lipinski definition) is 4. The van der Waals surface area contributed by atoms with Gasteiger partial charge in [-0.05, 0) is 30.2 Å². The highest BCUT2D eigenvalue weighted by atomic mass is 32.2. The Morgan fingerprint density at radius 1 is 1.12 bits per heavy atom. The minimum Gasteiger partial charge on any atom is -0.274 e. The number of nitrogens with zero attached hydrogens (tertiary/aromatic N) is 5. The molecule has 0 aliphatic carbocycles. The standard InChI is InChI=1S/C17H20FN5O2S/c1-21-13-17(11-20-21)26(24,25)23(12-16-7-9-19-22(16)2)10-8-14-3-5-15(18)6-4-14/h3-7,9,11,13H,8,10,12H2,1-2H3. The Kier molecular flexibility index (Phi) is 5.19. The lowest BCUT2D eigenvalue weighted by Gasteiger charge is -2.21. The van der Waals surface area contributed by atoms with E-state index in [-0.39, 0.29) is 23.8 Å². The van der Waals surface area contributed by atoms with Crippen molar-refractivity contribution in [1.29, 1.82) is 0 Å². The molecule has 0 saturated heterocycles. The van der Waals surface area contributed by atoms with Crippen molar-refractivity contribution >= 4 is 10.0 Å². The molecule has 0 atom stereocenters. The topological polar surface area (TPSA) is 73.0 Å². The molecule has 26 heavy (non-hydrogen) atoms. The van der Waals surface area contributed by atoms with E-state index < -0.39 is 10.0 Å². The normalized spacial score (nSPS) is 12.0. The number of hydrogen-bond donors (Lipinski definition) is 0. The third kappa shape index (κ3) is 4.00. The third-order valence-corrected chi connectivity index (χ3v) is 5.94. The van der Waals surface area contributed by atoms with Crippen LogP contribution < -0.4 is 0 Å². The van der Waals surface area contributed by atoms with Gasteiger partial charge in [0.2, 0.25) is 10.0 Å². The number of halogens is 1. The van der Waals surface area contributed by atoms with Crippen LogP contribution in [0.15, 0.2) is 53.8 Å². The first-order valence-corrected chi connectivity index (χ1v) is 9.50. The van der Waals surface area contributed by atoms with Gasteiger partial charge in [0.1, 0.15) is 10.7 Å². The van der Waals surface area contributed by atoms with E-state index in [0.717, 1.165) is 11.3 Å². The van der Waals surface area contributed by atoms with Crippen molar-refractivity contribution in [3.63, 3.8) is 0 Å². The lowest BCUT2D eigenvalue weighted by atomic mass is 10.1. The molecule has 0 fully saturated rings. The molecule has 1 aromatic carbocycles. The largest absolute Gasteiger partial charge is 0.274 e. The maximum absolute atomic E-state index is 13.1. The first-order chi connectivity index (χ1) is 12.4. The molecule has 0 aliphatic heterocycles. The van der Waals surface area contributed by atoms with Gasteiger partial charge in [-0.3, -0.25) is 9.36 Å². The molecule has 2 aromatic heterocycles. The summed E-state index contributed by atoms with van der Waals surface area (Å²) >= 11 is 0. The van der Waals surface area contributed by atoms with Crippen molar-refractivity contribution in [2.75, 3.05) is 6.54 Å². The predicted octanol–water partition coefficient (Wildman–Crippen LogP) is 1.73. The average molecular weight is 377 g/mol. The smallest absolute Gasteiger partial charge is 0.246 e. The van der Waals surface area contributed by atoms with Crippen LogP contribution in [0.25, 0.3) is 0 Å². The van der Waals surface area contributed by atoms with Crippen molar-refractivity contribution in [1.82, 2.24) is 23.9 Å². The maximum atomic E-state index is 13.1. The summed E-state index contributed by atoms with van der Waals surface area (Å²) in [5.41, 5.74) is 1.64. The summed E-state index contributed by atoms with van der Waals surface area (Å²) in [7, 11) is -0.279. The lowest BCUT2D eigenvalue weighted by Crippen LogP contribution is -2.33. The summed E-state index contributed by atoms with van der Waals surface area (Å²) < 4.78 is 43.6. The zero-order valence-corrected chi connectivity index (χ0v) is 15.4. The zero-order chi connectivity index (χ0) is 18.7. The molecule has 0 amide bonds. The van der Waals surface area contributed by atoms with Gasteiger partial charge in [-0.15, -0.1) is 0 Å². The molecule has 0 spiro atoms. The summed E-state index contributed by atoms with van der Waals surface area (Å²) in [6, 6.07) is 7.85. The van der Waals surface area contributed by atoms with Gasteiger partial charge in [0.15, 0.2) is 0 Å². The summed E-state index contributed by atoms with van der Waals surface area (Å²) in [5.74, 6) is -0.316. The van der Waals surface area contributed by atoms with E-state index in [4.69, 9.17) is 0 Å². The van der Waals surface area contributed by atoms with E-state index in [0.29, 0.717) is 6.42 Å². The molecule has 9 heteroatoms. The number of benzene rings is 1. The number of aryl methyl sites for hydroxylation is 2. The van der Waals surface area contributed by atoms with Crippen molar-refractivity contribution in [2.24, 2.45) is 14.1 Å². The fraction of sp³-hybridized carbons (Fsp3) is 0.294. The van der Waals surface area contributed by atoms with Gasteiger partial charge in [0.05, 0.1) is 18.4 Å². The van der Waals surface area contributed by atoms with Crippen LogP contribution in [-0.2, 0) is 37.1 Å². The summed E-state index contributed by atoms with van der Waals surface area (Å²) in [6.45, 7) is 0.447. The van der Waals surface area contributed by atoms with Crippen LogP contribution >= 0.6 is 0 Å². The SMILES string of the molecule is Cn1cc(S(=O)(=O)N(CCc2ccc(F)cc2)Cc2ccnn2C)cn1. The first-order valence-electron chi connectivity index (χ1n) is 8.06. The van der Waals surface area contributed by atoms with E-state index in [9.17, 15) is 12.8 Å². The van der Waals surface area contributed by atoms with Gasteiger partial charge < -0.3 is 0 Å². The molecule has 7 nitrogen and oxygen atoms in total. The van der Waals surface area contributed by atoms with Crippen molar-refractivity contribution in [2.45, 2.75) is 17.9 Å². The monoisotopic (exact) mass is 377 g/mol. The predicted molar refractivity (Wildman–Crippen MR) is 94.1 cm³/mol. The van der Waals surface area contributed by atoms with Gasteiger partial charge in [-0.2, -0.15) is 14.5 Å². The molecule has 3 aromatic rings. The quantitative estimate of drug-likeness (QED) is 0.629. The van der Waals surface area contributed by atoms with E-state index >= 15 is 0 Å². The van der Waals surface area contributed by atoms with E-state index in [1.54, 1.807) is 43.2 Å². The van der Waals surface area contributed by atoms with Gasteiger partial charge >= 0.3 is 0 Å². The van der Waals surface area contributed by atoms with Crippen LogP contribution in [0.5, 0.6) is 0 Å². The van der Waals surface area contributed by atoms with Crippen LogP contribution in [0.4, 0.5) is 4.39 Å². The van der Waals surface area contributed by atoms with Crippen LogP contribution in [0.3, 0.4) is 0 Å². The number of aromatic nitrogens is 4. The van der Waals surface area contributed by atoms with Crippen molar-refractivity contribution in [3.05, 3.63) is 66.0 Å². The van der Waals surface area contributed by atoms with E-state index in [1.165, 1.54) is 33.5 Å². The zero-order valence-electron chi connectivity index (χ0n) is 14.6. The Balaban J connectivity index is 1.86. The molecule has 0 radical (unpaired) electrons. The molecule has 0 aliphatic rings. The van der Waals surface area contributed by atoms with Crippen molar-refractivity contribution < 1.29 is 12.8 Å². The Bertz CT molecular complexity index is 979. The molecule has 138 valence electrons. The summed E-state index contributed by atoms with van der Waals surface area (Å²) in [5, 5.41) is 8.05. The maximum Gasteiger partial charge on any atom is 0.246 e. The second-order valence-corrected chi connectivity index (χ2v) is 7.95. The van der Waals surface area contributed by atoms with Gasteiger partial charge in [-0.1, -0.05) is 12.1 Å². The summed E-state index contributed by atoms with van der Waals surface area (Å²) in [6.07, 6.45) is 4.91. The molecule has 0 saturated carbocycles. The minimum atomic E-state index is -3.72. The Morgan fingerprint density at radius 3 is 2.42 bits per heavy atom. The number of rotatable bonds is 7. The number of sulfonamides is 1. The van der Waals surface area contributed by atoms with Crippen LogP contribution in [0, 0.1) is 5.82 Å². The second kappa shape index (κ2) is 7.38. The van der Waals surface area contributed by atoms with Crippen LogP contribution in [-0.4, -0.2) is 38.8 Å². The molecular weight excluding hydrogens is 357 g/mol. The van der Waals surface area contributed by atoms with Gasteiger partial charge in [0, 0.05) is 33.0 Å². The Hall–Kier alpha value is -2.52.